The summed E-state index contributed by atoms with van der Waals surface area (Å²) in [7, 11) is 0. The lowest BCUT2D eigenvalue weighted by molar-refractivity contribution is -0.129. The first kappa shape index (κ1) is 14.7. The topological polar surface area (TPSA) is 73.6 Å². The predicted octanol–water partition coefficient (Wildman–Crippen LogP) is 0.829. The molecule has 0 spiro atoms. The van der Waals surface area contributed by atoms with Gasteiger partial charge in [-0.1, -0.05) is 0 Å². The molecule has 1 aliphatic rings. The summed E-state index contributed by atoms with van der Waals surface area (Å²) in [6, 6.07) is 5.73. The van der Waals surface area contributed by atoms with E-state index in [4.69, 9.17) is 15.2 Å². The maximum atomic E-state index is 12.7. The lowest BCUT2D eigenvalue weighted by atomic mass is 9.90. The van der Waals surface area contributed by atoms with Gasteiger partial charge in [-0.25, -0.2) is 4.39 Å². The standard InChI is InChI=1S/C14H19FN2O3/c15-11-1-3-12(4-2-11)20-10-7-17-13(18)14(16)5-8-19-9-6-14/h1-4H,5-10,16H2,(H,17,18). The van der Waals surface area contributed by atoms with Crippen LogP contribution in [0.3, 0.4) is 0 Å². The van der Waals surface area contributed by atoms with Gasteiger partial charge in [-0.2, -0.15) is 0 Å². The molecule has 2 rings (SSSR count). The van der Waals surface area contributed by atoms with Gasteiger partial charge in [-0.15, -0.1) is 0 Å². The molecular formula is C14H19FN2O3. The van der Waals surface area contributed by atoms with Gasteiger partial charge in [0.2, 0.25) is 5.91 Å². The van der Waals surface area contributed by atoms with E-state index in [-0.39, 0.29) is 11.7 Å². The number of nitrogens with two attached hydrogens (primary N) is 1. The van der Waals surface area contributed by atoms with E-state index in [9.17, 15) is 9.18 Å². The molecule has 110 valence electrons. The molecule has 1 heterocycles. The first-order valence-corrected chi connectivity index (χ1v) is 6.63. The maximum absolute atomic E-state index is 12.7. The zero-order chi connectivity index (χ0) is 14.4. The van der Waals surface area contributed by atoms with Gasteiger partial charge < -0.3 is 20.5 Å². The predicted molar refractivity (Wildman–Crippen MR) is 71.9 cm³/mol. The van der Waals surface area contributed by atoms with E-state index in [0.717, 1.165) is 0 Å². The Morgan fingerprint density at radius 3 is 2.65 bits per heavy atom. The number of ether oxygens (including phenoxy) is 2. The number of hydrogen-bond donors (Lipinski definition) is 2. The highest BCUT2D eigenvalue weighted by Gasteiger charge is 2.35. The van der Waals surface area contributed by atoms with E-state index in [0.29, 0.717) is 45.0 Å². The number of amides is 1. The summed E-state index contributed by atoms with van der Waals surface area (Å²) in [6.07, 6.45) is 1.05. The van der Waals surface area contributed by atoms with Crippen molar-refractivity contribution in [3.63, 3.8) is 0 Å². The normalized spacial score (nSPS) is 17.5. The molecule has 6 heteroatoms. The van der Waals surface area contributed by atoms with E-state index in [1.54, 1.807) is 12.1 Å². The maximum Gasteiger partial charge on any atom is 0.240 e. The highest BCUT2D eigenvalue weighted by Crippen LogP contribution is 2.17. The summed E-state index contributed by atoms with van der Waals surface area (Å²) in [5, 5.41) is 2.76. The Bertz CT molecular complexity index is 444. The van der Waals surface area contributed by atoms with Crippen LogP contribution in [-0.4, -0.2) is 37.8 Å². The Morgan fingerprint density at radius 1 is 1.35 bits per heavy atom. The van der Waals surface area contributed by atoms with Crippen molar-refractivity contribution >= 4 is 5.91 Å². The van der Waals surface area contributed by atoms with E-state index >= 15 is 0 Å². The van der Waals surface area contributed by atoms with Crippen LogP contribution >= 0.6 is 0 Å². The first-order chi connectivity index (χ1) is 9.60. The Hall–Kier alpha value is -1.66. The molecular weight excluding hydrogens is 263 g/mol. The molecule has 0 bridgehead atoms. The number of nitrogens with one attached hydrogen (secondary N) is 1. The van der Waals surface area contributed by atoms with E-state index in [1.165, 1.54) is 12.1 Å². The van der Waals surface area contributed by atoms with Gasteiger partial charge in [0.1, 0.15) is 18.2 Å². The third-order valence-corrected chi connectivity index (χ3v) is 3.31. The van der Waals surface area contributed by atoms with E-state index in [1.807, 2.05) is 0 Å². The monoisotopic (exact) mass is 282 g/mol. The second-order valence-electron chi connectivity index (χ2n) is 4.83. The fourth-order valence-corrected chi connectivity index (χ4v) is 2.00. The zero-order valence-corrected chi connectivity index (χ0v) is 11.2. The molecule has 0 radical (unpaired) electrons. The summed E-state index contributed by atoms with van der Waals surface area (Å²) >= 11 is 0. The molecule has 5 nitrogen and oxygen atoms in total. The second-order valence-corrected chi connectivity index (χ2v) is 4.83. The van der Waals surface area contributed by atoms with Crippen LogP contribution in [0.4, 0.5) is 4.39 Å². The molecule has 0 unspecified atom stereocenters. The molecule has 1 amide bonds. The van der Waals surface area contributed by atoms with Gasteiger partial charge in [0, 0.05) is 13.2 Å². The van der Waals surface area contributed by atoms with Crippen LogP contribution in [0.2, 0.25) is 0 Å². The molecule has 3 N–H and O–H groups in total. The SMILES string of the molecule is NC1(C(=O)NCCOc2ccc(F)cc2)CCOCC1. The molecule has 20 heavy (non-hydrogen) atoms. The number of rotatable bonds is 5. The van der Waals surface area contributed by atoms with Gasteiger partial charge >= 0.3 is 0 Å². The van der Waals surface area contributed by atoms with Gasteiger partial charge in [0.05, 0.1) is 12.1 Å². The third-order valence-electron chi connectivity index (χ3n) is 3.31. The third kappa shape index (κ3) is 3.91. The van der Waals surface area contributed by atoms with Crippen LogP contribution in [0.25, 0.3) is 0 Å². The second kappa shape index (κ2) is 6.67. The number of carbonyl (C=O) groups excluding carboxylic acids is 1. The molecule has 1 saturated heterocycles. The van der Waals surface area contributed by atoms with Crippen LogP contribution in [0.1, 0.15) is 12.8 Å². The molecule has 0 aliphatic carbocycles. The van der Waals surface area contributed by atoms with Crippen molar-refractivity contribution in [2.24, 2.45) is 5.73 Å². The van der Waals surface area contributed by atoms with Gasteiger partial charge in [0.15, 0.2) is 0 Å². The molecule has 1 aromatic carbocycles. The largest absolute Gasteiger partial charge is 0.492 e. The van der Waals surface area contributed by atoms with Crippen molar-refractivity contribution in [1.82, 2.24) is 5.32 Å². The minimum Gasteiger partial charge on any atom is -0.492 e. The summed E-state index contributed by atoms with van der Waals surface area (Å²) < 4.78 is 23.3. The first-order valence-electron chi connectivity index (χ1n) is 6.63. The average Bonchev–Trinajstić information content (AvgIpc) is 2.46. The fraction of sp³-hybridized carbons (Fsp3) is 0.500. The van der Waals surface area contributed by atoms with Crippen molar-refractivity contribution in [3.05, 3.63) is 30.1 Å². The van der Waals surface area contributed by atoms with Crippen molar-refractivity contribution in [1.29, 1.82) is 0 Å². The molecule has 0 saturated carbocycles. The van der Waals surface area contributed by atoms with Crippen LogP contribution < -0.4 is 15.8 Å². The Morgan fingerprint density at radius 2 is 2.00 bits per heavy atom. The molecule has 0 atom stereocenters. The summed E-state index contributed by atoms with van der Waals surface area (Å²) in [5.74, 6) is 0.0768. The average molecular weight is 282 g/mol. The quantitative estimate of drug-likeness (QED) is 0.785. The van der Waals surface area contributed by atoms with Crippen molar-refractivity contribution < 1.29 is 18.7 Å². The van der Waals surface area contributed by atoms with Crippen LogP contribution in [0.5, 0.6) is 5.75 Å². The van der Waals surface area contributed by atoms with Gasteiger partial charge in [-0.05, 0) is 37.1 Å². The molecule has 1 fully saturated rings. The van der Waals surface area contributed by atoms with Crippen molar-refractivity contribution in [3.8, 4) is 5.75 Å². The van der Waals surface area contributed by atoms with Gasteiger partial charge in [0.25, 0.3) is 0 Å². The fourth-order valence-electron chi connectivity index (χ4n) is 2.00. The van der Waals surface area contributed by atoms with Crippen LogP contribution in [0, 0.1) is 5.82 Å². The molecule has 1 aliphatic heterocycles. The van der Waals surface area contributed by atoms with Crippen molar-refractivity contribution in [2.75, 3.05) is 26.4 Å². The number of benzene rings is 1. The summed E-state index contributed by atoms with van der Waals surface area (Å²) in [5.41, 5.74) is 5.20. The zero-order valence-electron chi connectivity index (χ0n) is 11.2. The van der Waals surface area contributed by atoms with Crippen molar-refractivity contribution in [2.45, 2.75) is 18.4 Å². The molecule has 0 aromatic heterocycles. The van der Waals surface area contributed by atoms with Gasteiger partial charge in [-0.3, -0.25) is 4.79 Å². The molecule has 1 aromatic rings. The Labute approximate surface area is 117 Å². The Balaban J connectivity index is 1.70. The lowest BCUT2D eigenvalue weighted by Gasteiger charge is -2.31. The number of carbonyl (C=O) groups is 1. The lowest BCUT2D eigenvalue weighted by Crippen LogP contribution is -2.57. The van der Waals surface area contributed by atoms with E-state index in [2.05, 4.69) is 5.32 Å². The Kier molecular flexibility index (Phi) is 4.92. The summed E-state index contributed by atoms with van der Waals surface area (Å²) in [4.78, 5) is 12.0. The van der Waals surface area contributed by atoms with Crippen LogP contribution in [0.15, 0.2) is 24.3 Å². The minimum atomic E-state index is -0.839. The number of hydrogen-bond acceptors (Lipinski definition) is 4. The highest BCUT2D eigenvalue weighted by atomic mass is 19.1. The summed E-state index contributed by atoms with van der Waals surface area (Å²) in [6.45, 7) is 1.69. The minimum absolute atomic E-state index is 0.177. The number of halogens is 1. The smallest absolute Gasteiger partial charge is 0.240 e. The van der Waals surface area contributed by atoms with Crippen LogP contribution in [-0.2, 0) is 9.53 Å². The highest BCUT2D eigenvalue weighted by molar-refractivity contribution is 5.86. The van der Waals surface area contributed by atoms with E-state index < -0.39 is 5.54 Å².